The van der Waals surface area contributed by atoms with Gasteiger partial charge in [-0.2, -0.15) is 0 Å². The van der Waals surface area contributed by atoms with Crippen molar-refractivity contribution in [2.75, 3.05) is 34.4 Å². The molecule has 1 aromatic heterocycles. The minimum Gasteiger partial charge on any atom is -0.501 e. The molecule has 3 rings (SSSR count). The lowest BCUT2D eigenvalue weighted by Gasteiger charge is -2.28. The van der Waals surface area contributed by atoms with E-state index in [0.29, 0.717) is 12.0 Å². The Hall–Kier alpha value is -3.80. The van der Waals surface area contributed by atoms with Crippen molar-refractivity contribution in [3.63, 3.8) is 0 Å². The first kappa shape index (κ1) is 25.8. The van der Waals surface area contributed by atoms with Gasteiger partial charge in [-0.3, -0.25) is 23.7 Å². The number of amides is 3. The Kier molecular flexibility index (Phi) is 7.85. The molecule has 3 amide bonds. The molecule has 1 aliphatic heterocycles. The molecule has 0 radical (unpaired) electrons. The van der Waals surface area contributed by atoms with Crippen LogP contribution >= 0.6 is 0 Å². The molecule has 0 spiro atoms. The van der Waals surface area contributed by atoms with Crippen molar-refractivity contribution in [1.82, 2.24) is 24.7 Å². The summed E-state index contributed by atoms with van der Waals surface area (Å²) in [5.74, 6) is -3.72. The number of hydrogen-bond donors (Lipinski definition) is 2. The fraction of sp³-hybridized carbons (Fsp3) is 0.435. The topological polar surface area (TPSA) is 134 Å². The molecule has 2 heterocycles. The number of ether oxygens (including phenoxy) is 1. The number of hydrogen-bond acceptors (Lipinski definition) is 7. The van der Waals surface area contributed by atoms with Crippen LogP contribution in [0, 0.1) is 5.82 Å². The quantitative estimate of drug-likeness (QED) is 0.587. The Bertz CT molecular complexity index is 1180. The van der Waals surface area contributed by atoms with Crippen LogP contribution in [0.15, 0.2) is 29.1 Å². The number of likely N-dealkylation sites (N-methyl/N-ethyl adjacent to an activating group) is 2. The lowest BCUT2D eigenvalue weighted by Crippen LogP contribution is -2.45. The molecular weight excluding hydrogens is 461 g/mol. The molecule has 1 aromatic carbocycles. The maximum absolute atomic E-state index is 13.2. The molecule has 2 N–H and O–H groups in total. The maximum Gasteiger partial charge on any atom is 0.312 e. The summed E-state index contributed by atoms with van der Waals surface area (Å²) in [7, 11) is 4.24. The first-order valence-corrected chi connectivity index (χ1v) is 11.0. The van der Waals surface area contributed by atoms with Gasteiger partial charge in [0.15, 0.2) is 5.69 Å². The smallest absolute Gasteiger partial charge is 0.312 e. The average molecular weight is 490 g/mol. The number of carbonyl (C=O) groups excluding carboxylic acids is 3. The SMILES string of the molecule is CC[C@H]1COC[C@@H](N(C)C(=O)C(=O)N(C)C)c2nc(C(=O)NCc3ccc(F)cc3)c(O)c(=O)n21. The summed E-state index contributed by atoms with van der Waals surface area (Å²) in [4.78, 5) is 57.5. The Morgan fingerprint density at radius 2 is 1.83 bits per heavy atom. The third kappa shape index (κ3) is 5.32. The molecule has 0 bridgehead atoms. The Labute approximate surface area is 201 Å². The van der Waals surface area contributed by atoms with Gasteiger partial charge >= 0.3 is 11.8 Å². The van der Waals surface area contributed by atoms with Gasteiger partial charge < -0.3 is 25.0 Å². The Morgan fingerprint density at radius 3 is 2.43 bits per heavy atom. The van der Waals surface area contributed by atoms with E-state index in [9.17, 15) is 28.7 Å². The van der Waals surface area contributed by atoms with Crippen molar-refractivity contribution >= 4 is 17.7 Å². The van der Waals surface area contributed by atoms with Gasteiger partial charge in [-0.1, -0.05) is 19.1 Å². The Morgan fingerprint density at radius 1 is 1.17 bits per heavy atom. The van der Waals surface area contributed by atoms with Crippen molar-refractivity contribution in [2.24, 2.45) is 0 Å². The standard InChI is InChI=1S/C23H28FN5O6/c1-5-15-11-35-12-16(28(4)23(34)22(33)27(2)3)19-26-17(18(30)21(32)29(15)19)20(31)25-10-13-6-8-14(24)9-7-13/h6-9,15-16,30H,5,10-12H2,1-4H3,(H,25,31)/t15-,16+/m0/s1. The van der Waals surface area contributed by atoms with Gasteiger partial charge in [0.1, 0.15) is 17.7 Å². The molecule has 188 valence electrons. The van der Waals surface area contributed by atoms with Gasteiger partial charge in [0.25, 0.3) is 11.5 Å². The lowest BCUT2D eigenvalue weighted by atomic mass is 10.1. The zero-order chi connectivity index (χ0) is 25.9. The molecule has 0 saturated heterocycles. The molecule has 0 unspecified atom stereocenters. The summed E-state index contributed by atoms with van der Waals surface area (Å²) >= 11 is 0. The third-order valence-electron chi connectivity index (χ3n) is 5.80. The molecule has 0 fully saturated rings. The first-order chi connectivity index (χ1) is 16.6. The fourth-order valence-corrected chi connectivity index (χ4v) is 3.69. The van der Waals surface area contributed by atoms with E-state index < -0.39 is 52.6 Å². The fourth-order valence-electron chi connectivity index (χ4n) is 3.69. The largest absolute Gasteiger partial charge is 0.501 e. The van der Waals surface area contributed by atoms with E-state index in [2.05, 4.69) is 10.3 Å². The van der Waals surface area contributed by atoms with Crippen molar-refractivity contribution in [2.45, 2.75) is 32.0 Å². The average Bonchev–Trinajstić information content (AvgIpc) is 3.03. The summed E-state index contributed by atoms with van der Waals surface area (Å²) in [5, 5.41) is 13.1. The maximum atomic E-state index is 13.2. The van der Waals surface area contributed by atoms with Crippen molar-refractivity contribution in [3.8, 4) is 5.75 Å². The molecule has 1 aliphatic rings. The highest BCUT2D eigenvalue weighted by atomic mass is 19.1. The summed E-state index contributed by atoms with van der Waals surface area (Å²) in [5.41, 5.74) is -0.787. The van der Waals surface area contributed by atoms with Gasteiger partial charge in [0.2, 0.25) is 5.75 Å². The minimum atomic E-state index is -0.972. The number of aromatic nitrogens is 2. The van der Waals surface area contributed by atoms with Crippen molar-refractivity contribution in [1.29, 1.82) is 0 Å². The molecule has 11 nitrogen and oxygen atoms in total. The number of fused-ring (bicyclic) bond motifs is 1. The lowest BCUT2D eigenvalue weighted by molar-refractivity contribution is -0.151. The second-order valence-corrected chi connectivity index (χ2v) is 8.38. The molecule has 0 aliphatic carbocycles. The van der Waals surface area contributed by atoms with Crippen LogP contribution < -0.4 is 10.9 Å². The second kappa shape index (κ2) is 10.6. The summed E-state index contributed by atoms with van der Waals surface area (Å²) in [6.45, 7) is 1.85. The van der Waals surface area contributed by atoms with Crippen LogP contribution in [0.5, 0.6) is 5.75 Å². The number of halogens is 1. The summed E-state index contributed by atoms with van der Waals surface area (Å²) in [6.07, 6.45) is 0.450. The highest BCUT2D eigenvalue weighted by Gasteiger charge is 2.36. The van der Waals surface area contributed by atoms with Gasteiger partial charge in [-0.15, -0.1) is 0 Å². The van der Waals surface area contributed by atoms with E-state index in [0.717, 1.165) is 9.80 Å². The van der Waals surface area contributed by atoms with Crippen molar-refractivity contribution in [3.05, 3.63) is 57.5 Å². The van der Waals surface area contributed by atoms with Gasteiger partial charge in [-0.25, -0.2) is 9.37 Å². The number of rotatable bonds is 5. The van der Waals surface area contributed by atoms with E-state index in [1.807, 2.05) is 6.92 Å². The predicted octanol–water partition coefficient (Wildman–Crippen LogP) is 0.587. The second-order valence-electron chi connectivity index (χ2n) is 8.38. The monoisotopic (exact) mass is 489 g/mol. The third-order valence-corrected chi connectivity index (χ3v) is 5.80. The highest BCUT2D eigenvalue weighted by Crippen LogP contribution is 2.28. The molecule has 2 atom stereocenters. The number of nitrogens with one attached hydrogen (secondary N) is 1. The summed E-state index contributed by atoms with van der Waals surface area (Å²) in [6, 6.07) is 3.96. The first-order valence-electron chi connectivity index (χ1n) is 11.0. The molecular formula is C23H28FN5O6. The van der Waals surface area contributed by atoms with E-state index in [4.69, 9.17) is 4.74 Å². The van der Waals surface area contributed by atoms with E-state index in [1.165, 1.54) is 50.0 Å². The highest BCUT2D eigenvalue weighted by molar-refractivity contribution is 6.34. The zero-order valence-electron chi connectivity index (χ0n) is 19.9. The van der Waals surface area contributed by atoms with Crippen LogP contribution in [-0.4, -0.2) is 76.5 Å². The van der Waals surface area contributed by atoms with Crippen LogP contribution in [0.4, 0.5) is 4.39 Å². The number of aromatic hydroxyl groups is 1. The van der Waals surface area contributed by atoms with E-state index in [1.54, 1.807) is 0 Å². The summed E-state index contributed by atoms with van der Waals surface area (Å²) < 4.78 is 20.0. The normalized spacial score (nSPS) is 17.2. The van der Waals surface area contributed by atoms with Gasteiger partial charge in [0, 0.05) is 27.7 Å². The Balaban J connectivity index is 2.02. The van der Waals surface area contributed by atoms with Crippen LogP contribution in [0.1, 0.15) is 47.3 Å². The zero-order valence-corrected chi connectivity index (χ0v) is 19.9. The van der Waals surface area contributed by atoms with E-state index >= 15 is 0 Å². The minimum absolute atomic E-state index is 0.00149. The molecule has 35 heavy (non-hydrogen) atoms. The number of nitrogens with zero attached hydrogens (tertiary/aromatic N) is 4. The van der Waals surface area contributed by atoms with Gasteiger partial charge in [0.05, 0.1) is 19.3 Å². The predicted molar refractivity (Wildman–Crippen MR) is 122 cm³/mol. The van der Waals surface area contributed by atoms with Crippen molar-refractivity contribution < 1.29 is 28.6 Å². The van der Waals surface area contributed by atoms with Crippen LogP contribution in [0.2, 0.25) is 0 Å². The van der Waals surface area contributed by atoms with Gasteiger partial charge in [-0.05, 0) is 24.1 Å². The van der Waals surface area contributed by atoms with Crippen LogP contribution in [-0.2, 0) is 20.9 Å². The molecule has 2 aromatic rings. The van der Waals surface area contributed by atoms with Crippen LogP contribution in [0.25, 0.3) is 0 Å². The van der Waals surface area contributed by atoms with E-state index in [-0.39, 0.29) is 25.6 Å². The number of carbonyl (C=O) groups is 3. The molecule has 0 saturated carbocycles. The molecule has 12 heteroatoms. The van der Waals surface area contributed by atoms with Crippen LogP contribution in [0.3, 0.4) is 0 Å². The number of benzene rings is 1.